The minimum atomic E-state index is 0.470. The van der Waals surface area contributed by atoms with Gasteiger partial charge in [-0.05, 0) is 43.2 Å². The van der Waals surface area contributed by atoms with Gasteiger partial charge in [0.1, 0.15) is 5.82 Å². The zero-order chi connectivity index (χ0) is 12.0. The normalized spacial score (nSPS) is 12.8. The Morgan fingerprint density at radius 2 is 2.06 bits per heavy atom. The summed E-state index contributed by atoms with van der Waals surface area (Å²) in [6.07, 6.45) is 1.85. The molecular weight excluding hydrogens is 216 g/mol. The third kappa shape index (κ3) is 5.40. The van der Waals surface area contributed by atoms with Crippen molar-refractivity contribution in [3.63, 3.8) is 0 Å². The Bertz CT molecular complexity index is 313. The summed E-state index contributed by atoms with van der Waals surface area (Å²) in [5.74, 6) is 4.12. The summed E-state index contributed by atoms with van der Waals surface area (Å²) in [5, 5.41) is 3.42. The van der Waals surface area contributed by atoms with Gasteiger partial charge in [0, 0.05) is 18.0 Å². The van der Waals surface area contributed by atoms with E-state index in [1.807, 2.05) is 24.0 Å². The lowest BCUT2D eigenvalue weighted by Gasteiger charge is -2.15. The lowest BCUT2D eigenvalue weighted by molar-refractivity contribution is 0.748. The van der Waals surface area contributed by atoms with Gasteiger partial charge in [-0.25, -0.2) is 4.98 Å². The molecule has 1 aromatic rings. The molecule has 0 aliphatic rings. The molecule has 3 heteroatoms. The van der Waals surface area contributed by atoms with E-state index in [4.69, 9.17) is 0 Å². The number of thioether (sulfide) groups is 1. The van der Waals surface area contributed by atoms with Crippen LogP contribution in [0, 0.1) is 12.8 Å². The maximum atomic E-state index is 4.30. The predicted octanol–water partition coefficient (Wildman–Crippen LogP) is 3.58. The fourth-order valence-electron chi connectivity index (χ4n) is 1.39. The van der Waals surface area contributed by atoms with Crippen LogP contribution in [0.5, 0.6) is 0 Å². The summed E-state index contributed by atoms with van der Waals surface area (Å²) in [6, 6.07) is 4.57. The summed E-state index contributed by atoms with van der Waals surface area (Å²) >= 11 is 2.00. The van der Waals surface area contributed by atoms with Crippen LogP contribution in [-0.4, -0.2) is 22.5 Å². The van der Waals surface area contributed by atoms with Crippen LogP contribution in [0.25, 0.3) is 0 Å². The van der Waals surface area contributed by atoms with Crippen LogP contribution in [0.3, 0.4) is 0 Å². The van der Waals surface area contributed by atoms with Gasteiger partial charge < -0.3 is 5.32 Å². The van der Waals surface area contributed by atoms with Gasteiger partial charge in [-0.2, -0.15) is 11.8 Å². The zero-order valence-corrected chi connectivity index (χ0v) is 11.5. The van der Waals surface area contributed by atoms with Crippen LogP contribution >= 0.6 is 11.8 Å². The average Bonchev–Trinajstić information content (AvgIpc) is 2.16. The van der Waals surface area contributed by atoms with E-state index in [9.17, 15) is 0 Å². The Labute approximate surface area is 103 Å². The molecule has 0 spiro atoms. The Balaban J connectivity index is 2.31. The highest BCUT2D eigenvalue weighted by Crippen LogP contribution is 2.12. The van der Waals surface area contributed by atoms with Crippen LogP contribution in [0.4, 0.5) is 5.82 Å². The van der Waals surface area contributed by atoms with Crippen molar-refractivity contribution in [3.8, 4) is 0 Å². The number of aromatic nitrogens is 1. The lowest BCUT2D eigenvalue weighted by Crippen LogP contribution is -2.19. The van der Waals surface area contributed by atoms with Crippen LogP contribution in [0.1, 0.15) is 26.3 Å². The molecule has 1 aromatic heterocycles. The third-order valence-electron chi connectivity index (χ3n) is 2.13. The van der Waals surface area contributed by atoms with Gasteiger partial charge in [0.15, 0.2) is 0 Å². The number of pyridine rings is 1. The minimum absolute atomic E-state index is 0.470. The number of nitrogens with zero attached hydrogens (tertiary/aromatic N) is 1. The summed E-state index contributed by atoms with van der Waals surface area (Å²) in [4.78, 5) is 4.30. The molecule has 0 aliphatic carbocycles. The lowest BCUT2D eigenvalue weighted by atomic mass is 10.3. The van der Waals surface area contributed by atoms with Gasteiger partial charge in [0.05, 0.1) is 0 Å². The van der Waals surface area contributed by atoms with Gasteiger partial charge in [-0.15, -0.1) is 0 Å². The monoisotopic (exact) mass is 238 g/mol. The van der Waals surface area contributed by atoms with Gasteiger partial charge in [-0.1, -0.05) is 13.8 Å². The molecule has 0 fully saturated rings. The molecule has 0 aromatic carbocycles. The zero-order valence-electron chi connectivity index (χ0n) is 10.7. The molecule has 1 unspecified atom stereocenters. The largest absolute Gasteiger partial charge is 0.367 e. The fraction of sp³-hybridized carbons (Fsp3) is 0.615. The molecule has 1 heterocycles. The van der Waals surface area contributed by atoms with Crippen LogP contribution in [-0.2, 0) is 0 Å². The molecule has 0 radical (unpaired) electrons. The smallest absolute Gasteiger partial charge is 0.126 e. The second-order valence-electron chi connectivity index (χ2n) is 4.70. The standard InChI is InChI=1S/C13H22N2S/c1-10(2)8-16-9-12(4)15-13-7-11(3)5-6-14-13/h5-7,10,12H,8-9H2,1-4H3,(H,14,15). The van der Waals surface area contributed by atoms with Crippen molar-refractivity contribution in [3.05, 3.63) is 23.9 Å². The Hall–Kier alpha value is -0.700. The van der Waals surface area contributed by atoms with Gasteiger partial charge in [0.2, 0.25) is 0 Å². The van der Waals surface area contributed by atoms with Crippen molar-refractivity contribution >= 4 is 17.6 Å². The highest BCUT2D eigenvalue weighted by Gasteiger charge is 2.03. The molecule has 90 valence electrons. The van der Waals surface area contributed by atoms with E-state index in [1.54, 1.807) is 0 Å². The molecule has 1 atom stereocenters. The Kier molecular flexibility index (Phi) is 5.67. The van der Waals surface area contributed by atoms with E-state index in [-0.39, 0.29) is 0 Å². The Morgan fingerprint density at radius 1 is 1.31 bits per heavy atom. The van der Waals surface area contributed by atoms with Crippen molar-refractivity contribution in [1.82, 2.24) is 4.98 Å². The minimum Gasteiger partial charge on any atom is -0.367 e. The van der Waals surface area contributed by atoms with Crippen molar-refractivity contribution < 1.29 is 0 Å². The summed E-state index contributed by atoms with van der Waals surface area (Å²) < 4.78 is 0. The number of hydrogen-bond acceptors (Lipinski definition) is 3. The predicted molar refractivity (Wildman–Crippen MR) is 74.2 cm³/mol. The van der Waals surface area contributed by atoms with E-state index >= 15 is 0 Å². The number of aryl methyl sites for hydroxylation is 1. The van der Waals surface area contributed by atoms with Gasteiger partial charge in [0.25, 0.3) is 0 Å². The number of hydrogen-bond donors (Lipinski definition) is 1. The second kappa shape index (κ2) is 6.79. The first kappa shape index (κ1) is 13.4. The molecule has 1 N–H and O–H groups in total. The third-order valence-corrected chi connectivity index (χ3v) is 3.77. The number of anilines is 1. The maximum Gasteiger partial charge on any atom is 0.126 e. The number of rotatable bonds is 6. The van der Waals surface area contributed by atoms with Crippen molar-refractivity contribution in [2.45, 2.75) is 33.7 Å². The summed E-state index contributed by atoms with van der Waals surface area (Å²) in [6.45, 7) is 8.81. The van der Waals surface area contributed by atoms with Crippen molar-refractivity contribution in [2.75, 3.05) is 16.8 Å². The van der Waals surface area contributed by atoms with E-state index in [0.29, 0.717) is 6.04 Å². The van der Waals surface area contributed by atoms with Crippen molar-refractivity contribution in [1.29, 1.82) is 0 Å². The topological polar surface area (TPSA) is 24.9 Å². The molecule has 0 saturated carbocycles. The van der Waals surface area contributed by atoms with E-state index < -0.39 is 0 Å². The number of nitrogens with one attached hydrogen (secondary N) is 1. The molecule has 2 nitrogen and oxygen atoms in total. The first-order valence-corrected chi connectivity index (χ1v) is 7.00. The van der Waals surface area contributed by atoms with Crippen LogP contribution in [0.2, 0.25) is 0 Å². The fourth-order valence-corrected chi connectivity index (χ4v) is 2.43. The highest BCUT2D eigenvalue weighted by atomic mass is 32.2. The molecule has 0 aliphatic heterocycles. The Morgan fingerprint density at radius 3 is 2.69 bits per heavy atom. The van der Waals surface area contributed by atoms with E-state index in [0.717, 1.165) is 17.5 Å². The van der Waals surface area contributed by atoms with Gasteiger partial charge in [-0.3, -0.25) is 0 Å². The SMILES string of the molecule is Cc1ccnc(NC(C)CSCC(C)C)c1. The first-order valence-electron chi connectivity index (χ1n) is 5.85. The molecule has 0 bridgehead atoms. The molecule has 1 rings (SSSR count). The van der Waals surface area contributed by atoms with Crippen LogP contribution < -0.4 is 5.32 Å². The van der Waals surface area contributed by atoms with Gasteiger partial charge >= 0.3 is 0 Å². The average molecular weight is 238 g/mol. The highest BCUT2D eigenvalue weighted by molar-refractivity contribution is 7.99. The molecular formula is C13H22N2S. The van der Waals surface area contributed by atoms with Crippen molar-refractivity contribution in [2.24, 2.45) is 5.92 Å². The first-order chi connectivity index (χ1) is 7.58. The van der Waals surface area contributed by atoms with E-state index in [1.165, 1.54) is 11.3 Å². The van der Waals surface area contributed by atoms with Crippen LogP contribution in [0.15, 0.2) is 18.3 Å². The maximum absolute atomic E-state index is 4.30. The molecule has 0 saturated heterocycles. The summed E-state index contributed by atoms with van der Waals surface area (Å²) in [7, 11) is 0. The second-order valence-corrected chi connectivity index (χ2v) is 5.77. The quantitative estimate of drug-likeness (QED) is 0.820. The molecule has 16 heavy (non-hydrogen) atoms. The summed E-state index contributed by atoms with van der Waals surface area (Å²) in [5.41, 5.74) is 1.25. The van der Waals surface area contributed by atoms with E-state index in [2.05, 4.69) is 44.1 Å². The molecule has 0 amide bonds.